The summed E-state index contributed by atoms with van der Waals surface area (Å²) in [5.74, 6) is 0. The molecule has 1 aliphatic rings. The van der Waals surface area contributed by atoms with Crippen molar-refractivity contribution in [2.45, 2.75) is 25.5 Å². The maximum absolute atomic E-state index is 5.91. The smallest absolute Gasteiger partial charge is 0.106 e. The summed E-state index contributed by atoms with van der Waals surface area (Å²) in [6.45, 7) is 2.99. The zero-order valence-electron chi connectivity index (χ0n) is 8.79. The Hall–Kier alpha value is -0.570. The summed E-state index contributed by atoms with van der Waals surface area (Å²) < 4.78 is 5.56. The highest BCUT2D eigenvalue weighted by Gasteiger charge is 2.16. The van der Waals surface area contributed by atoms with Gasteiger partial charge >= 0.3 is 0 Å². The number of halogens is 1. The van der Waals surface area contributed by atoms with E-state index < -0.39 is 0 Å². The van der Waals surface area contributed by atoms with E-state index in [1.165, 1.54) is 18.4 Å². The first-order valence-electron chi connectivity index (χ1n) is 5.52. The Kier molecular flexibility index (Phi) is 4.01. The van der Waals surface area contributed by atoms with Crippen molar-refractivity contribution in [3.05, 3.63) is 34.9 Å². The van der Waals surface area contributed by atoms with Gasteiger partial charge in [-0.05, 0) is 25.0 Å². The minimum atomic E-state index is 0.462. The summed E-state index contributed by atoms with van der Waals surface area (Å²) in [5, 5.41) is 3.11. The van der Waals surface area contributed by atoms with Gasteiger partial charge in [0.2, 0.25) is 0 Å². The van der Waals surface area contributed by atoms with Gasteiger partial charge in [-0.1, -0.05) is 23.7 Å². The van der Waals surface area contributed by atoms with Crippen molar-refractivity contribution < 1.29 is 10.1 Å². The van der Waals surface area contributed by atoms with Crippen molar-refractivity contribution in [3.8, 4) is 0 Å². The van der Waals surface area contributed by atoms with Gasteiger partial charge in [-0.15, -0.1) is 0 Å². The Bertz CT molecular complexity index is 310. The molecule has 0 radical (unpaired) electrons. The summed E-state index contributed by atoms with van der Waals surface area (Å²) in [5.41, 5.74) is 1.28. The zero-order valence-corrected chi connectivity index (χ0v) is 9.54. The van der Waals surface area contributed by atoms with E-state index in [4.69, 9.17) is 16.3 Å². The van der Waals surface area contributed by atoms with Crippen LogP contribution in [0.3, 0.4) is 0 Å². The SMILES string of the molecule is Clc1cccc(C[NH2+]C[C@H]2CCCO2)c1. The van der Waals surface area contributed by atoms with Crippen molar-refractivity contribution in [2.24, 2.45) is 0 Å². The Morgan fingerprint density at radius 2 is 2.40 bits per heavy atom. The van der Waals surface area contributed by atoms with E-state index in [0.717, 1.165) is 24.7 Å². The van der Waals surface area contributed by atoms with Gasteiger partial charge in [0, 0.05) is 17.2 Å². The van der Waals surface area contributed by atoms with Crippen LogP contribution in [0.1, 0.15) is 18.4 Å². The molecule has 0 amide bonds. The monoisotopic (exact) mass is 226 g/mol. The lowest BCUT2D eigenvalue weighted by Gasteiger charge is -2.07. The second-order valence-electron chi connectivity index (χ2n) is 3.99. The molecule has 0 aromatic heterocycles. The number of ether oxygens (including phenoxy) is 1. The third-order valence-electron chi connectivity index (χ3n) is 2.72. The maximum Gasteiger partial charge on any atom is 0.106 e. The second-order valence-corrected chi connectivity index (χ2v) is 4.43. The molecule has 1 aliphatic heterocycles. The topological polar surface area (TPSA) is 25.8 Å². The van der Waals surface area contributed by atoms with Crippen LogP contribution in [0.5, 0.6) is 0 Å². The number of benzene rings is 1. The predicted octanol–water partition coefficient (Wildman–Crippen LogP) is 1.58. The average molecular weight is 227 g/mol. The molecule has 3 heteroatoms. The summed E-state index contributed by atoms with van der Waals surface area (Å²) in [4.78, 5) is 0. The Morgan fingerprint density at radius 1 is 1.47 bits per heavy atom. The van der Waals surface area contributed by atoms with Crippen LogP contribution in [0.15, 0.2) is 24.3 Å². The third kappa shape index (κ3) is 3.49. The Morgan fingerprint density at radius 3 is 3.13 bits per heavy atom. The molecule has 2 rings (SSSR count). The second kappa shape index (κ2) is 5.50. The number of quaternary nitrogens is 1. The minimum Gasteiger partial charge on any atom is -0.372 e. The van der Waals surface area contributed by atoms with Crippen molar-refractivity contribution in [1.82, 2.24) is 0 Å². The van der Waals surface area contributed by atoms with Crippen LogP contribution < -0.4 is 5.32 Å². The van der Waals surface area contributed by atoms with Gasteiger partial charge in [-0.2, -0.15) is 0 Å². The molecular formula is C12H17ClNO+. The Balaban J connectivity index is 1.73. The van der Waals surface area contributed by atoms with E-state index >= 15 is 0 Å². The average Bonchev–Trinajstić information content (AvgIpc) is 2.71. The first-order valence-corrected chi connectivity index (χ1v) is 5.90. The van der Waals surface area contributed by atoms with Gasteiger partial charge in [-0.3, -0.25) is 0 Å². The van der Waals surface area contributed by atoms with E-state index in [1.807, 2.05) is 18.2 Å². The molecule has 2 nitrogen and oxygen atoms in total. The zero-order chi connectivity index (χ0) is 10.5. The molecule has 1 aromatic rings. The van der Waals surface area contributed by atoms with Crippen LogP contribution in [-0.4, -0.2) is 19.3 Å². The van der Waals surface area contributed by atoms with Gasteiger partial charge in [0.25, 0.3) is 0 Å². The molecule has 2 N–H and O–H groups in total. The van der Waals surface area contributed by atoms with Crippen LogP contribution >= 0.6 is 11.6 Å². The molecule has 1 atom stereocenters. The first kappa shape index (κ1) is 10.9. The van der Waals surface area contributed by atoms with Crippen LogP contribution in [0.25, 0.3) is 0 Å². The molecule has 0 unspecified atom stereocenters. The van der Waals surface area contributed by atoms with E-state index in [2.05, 4.69) is 11.4 Å². The molecule has 0 saturated carbocycles. The van der Waals surface area contributed by atoms with Crippen LogP contribution in [0.2, 0.25) is 5.02 Å². The summed E-state index contributed by atoms with van der Waals surface area (Å²) in [7, 11) is 0. The molecule has 1 aromatic carbocycles. The third-order valence-corrected chi connectivity index (χ3v) is 2.96. The molecule has 0 spiro atoms. The maximum atomic E-state index is 5.91. The highest BCUT2D eigenvalue weighted by Crippen LogP contribution is 2.10. The van der Waals surface area contributed by atoms with Crippen LogP contribution in [-0.2, 0) is 11.3 Å². The van der Waals surface area contributed by atoms with Gasteiger partial charge in [0.1, 0.15) is 19.2 Å². The van der Waals surface area contributed by atoms with Crippen molar-refractivity contribution in [3.63, 3.8) is 0 Å². The lowest BCUT2D eigenvalue weighted by molar-refractivity contribution is -0.676. The van der Waals surface area contributed by atoms with E-state index in [9.17, 15) is 0 Å². The van der Waals surface area contributed by atoms with E-state index in [0.29, 0.717) is 6.10 Å². The highest BCUT2D eigenvalue weighted by atomic mass is 35.5. The fourth-order valence-corrected chi connectivity index (χ4v) is 2.14. The van der Waals surface area contributed by atoms with Gasteiger partial charge in [-0.25, -0.2) is 0 Å². The van der Waals surface area contributed by atoms with Gasteiger partial charge < -0.3 is 10.1 Å². The lowest BCUT2D eigenvalue weighted by Crippen LogP contribution is -2.84. The predicted molar refractivity (Wildman–Crippen MR) is 60.9 cm³/mol. The fourth-order valence-electron chi connectivity index (χ4n) is 1.93. The molecule has 1 heterocycles. The molecule has 0 bridgehead atoms. The number of nitrogens with two attached hydrogens (primary N) is 1. The normalized spacial score (nSPS) is 20.7. The fraction of sp³-hybridized carbons (Fsp3) is 0.500. The van der Waals surface area contributed by atoms with Crippen LogP contribution in [0.4, 0.5) is 0 Å². The number of rotatable bonds is 4. The van der Waals surface area contributed by atoms with E-state index in [-0.39, 0.29) is 0 Å². The first-order chi connectivity index (χ1) is 7.34. The number of hydrogen-bond donors (Lipinski definition) is 1. The van der Waals surface area contributed by atoms with Gasteiger partial charge in [0.05, 0.1) is 0 Å². The minimum absolute atomic E-state index is 0.462. The van der Waals surface area contributed by atoms with Crippen molar-refractivity contribution in [1.29, 1.82) is 0 Å². The lowest BCUT2D eigenvalue weighted by atomic mass is 10.2. The highest BCUT2D eigenvalue weighted by molar-refractivity contribution is 6.30. The van der Waals surface area contributed by atoms with Crippen molar-refractivity contribution in [2.75, 3.05) is 13.2 Å². The Labute approximate surface area is 95.6 Å². The quantitative estimate of drug-likeness (QED) is 0.829. The molecule has 0 aliphatic carbocycles. The summed E-state index contributed by atoms with van der Waals surface area (Å²) in [6, 6.07) is 8.04. The standard InChI is InChI=1S/C12H16ClNO/c13-11-4-1-3-10(7-11)8-14-9-12-5-2-6-15-12/h1,3-4,7,12,14H,2,5-6,8-9H2/p+1/t12-/m1/s1. The van der Waals surface area contributed by atoms with E-state index in [1.54, 1.807) is 0 Å². The van der Waals surface area contributed by atoms with Crippen molar-refractivity contribution >= 4 is 11.6 Å². The molecular weight excluding hydrogens is 210 g/mol. The largest absolute Gasteiger partial charge is 0.372 e. The molecule has 15 heavy (non-hydrogen) atoms. The summed E-state index contributed by atoms with van der Waals surface area (Å²) in [6.07, 6.45) is 2.89. The number of hydrogen-bond acceptors (Lipinski definition) is 1. The molecule has 1 saturated heterocycles. The molecule has 82 valence electrons. The molecule has 1 fully saturated rings. The van der Waals surface area contributed by atoms with Crippen LogP contribution in [0, 0.1) is 0 Å². The summed E-state index contributed by atoms with van der Waals surface area (Å²) >= 11 is 5.91. The van der Waals surface area contributed by atoms with Gasteiger partial charge in [0.15, 0.2) is 0 Å².